The van der Waals surface area contributed by atoms with Gasteiger partial charge in [0.05, 0.1) is 12.1 Å². The fourth-order valence-electron chi connectivity index (χ4n) is 6.36. The number of unbranched alkanes of at least 4 members (excludes halogenated alkanes) is 2. The third-order valence-corrected chi connectivity index (χ3v) is 8.85. The summed E-state index contributed by atoms with van der Waals surface area (Å²) >= 11 is 6.78. The van der Waals surface area contributed by atoms with Crippen LogP contribution in [0.15, 0.2) is 18.2 Å². The summed E-state index contributed by atoms with van der Waals surface area (Å²) in [6, 6.07) is 5.68. The third kappa shape index (κ3) is 5.78. The molecule has 230 valence electrons. The Morgan fingerprint density at radius 2 is 1.93 bits per heavy atom. The van der Waals surface area contributed by atoms with E-state index >= 15 is 4.39 Å². The predicted molar refractivity (Wildman–Crippen MR) is 170 cm³/mol. The highest BCUT2D eigenvalue weighted by Crippen LogP contribution is 2.42. The number of nitrogens with zero attached hydrogens (tertiary/aromatic N) is 6. The fourth-order valence-corrected chi connectivity index (χ4v) is 6.64. The van der Waals surface area contributed by atoms with Crippen LogP contribution in [0.3, 0.4) is 0 Å². The molecule has 5 heterocycles. The lowest BCUT2D eigenvalue weighted by atomic mass is 10.00. The van der Waals surface area contributed by atoms with Crippen molar-refractivity contribution in [3.8, 4) is 17.1 Å². The number of aromatic nitrogens is 5. The van der Waals surface area contributed by atoms with E-state index in [0.717, 1.165) is 57.1 Å². The Balaban J connectivity index is 1.55. The molecule has 0 bridgehead atoms. The van der Waals surface area contributed by atoms with Crippen molar-refractivity contribution in [1.82, 2.24) is 24.7 Å². The number of pyridine rings is 1. The predicted octanol–water partition coefficient (Wildman–Crippen LogP) is 8.46. The standard InChI is InChI=1S/C33H42ClFN6O2/c1-5-7-8-12-21-18-40(16-6-2)32-26-29(36-31(38-32)20(3)4)27(35)28(37-33(26)43-19-21)22-13-11-14-23-25(22)30(34)39-41(23)24-15-9-10-17-42-24/h11,13-14,20-21,24H,5-10,12,15-19H2,1-4H3. The number of fused-ring (bicyclic) bond motifs is 1. The number of halogens is 2. The maximum atomic E-state index is 16.8. The van der Waals surface area contributed by atoms with Gasteiger partial charge in [0.2, 0.25) is 5.88 Å². The minimum absolute atomic E-state index is 0.0157. The van der Waals surface area contributed by atoms with Gasteiger partial charge in [-0.1, -0.05) is 70.7 Å². The van der Waals surface area contributed by atoms with Gasteiger partial charge < -0.3 is 14.4 Å². The molecule has 2 aliphatic heterocycles. The maximum Gasteiger partial charge on any atom is 0.227 e. The first kappa shape index (κ1) is 30.0. The van der Waals surface area contributed by atoms with Gasteiger partial charge >= 0.3 is 0 Å². The van der Waals surface area contributed by atoms with Gasteiger partial charge in [-0.15, -0.1) is 0 Å². The van der Waals surface area contributed by atoms with Crippen molar-refractivity contribution in [2.45, 2.75) is 91.2 Å². The number of anilines is 1. The molecule has 1 aromatic carbocycles. The Hall–Kier alpha value is -3.04. The molecular formula is C33H42ClFN6O2. The van der Waals surface area contributed by atoms with Crippen molar-refractivity contribution < 1.29 is 13.9 Å². The van der Waals surface area contributed by atoms with Crippen molar-refractivity contribution in [1.29, 1.82) is 0 Å². The van der Waals surface area contributed by atoms with Crippen molar-refractivity contribution in [2.75, 3.05) is 31.2 Å². The zero-order chi connectivity index (χ0) is 30.1. The monoisotopic (exact) mass is 608 g/mol. The molecular weight excluding hydrogens is 567 g/mol. The summed E-state index contributed by atoms with van der Waals surface area (Å²) in [5, 5.41) is 6.12. The Bertz CT molecular complexity index is 1600. The number of benzene rings is 1. The molecule has 0 saturated carbocycles. The van der Waals surface area contributed by atoms with Crippen LogP contribution in [0.5, 0.6) is 5.88 Å². The zero-order valence-electron chi connectivity index (χ0n) is 25.7. The van der Waals surface area contributed by atoms with Gasteiger partial charge in [0.1, 0.15) is 28.2 Å². The van der Waals surface area contributed by atoms with E-state index in [-0.39, 0.29) is 23.4 Å². The first-order valence-electron chi connectivity index (χ1n) is 16.0. The van der Waals surface area contributed by atoms with E-state index < -0.39 is 5.82 Å². The summed E-state index contributed by atoms with van der Waals surface area (Å²) in [5.74, 6) is 1.50. The molecule has 43 heavy (non-hydrogen) atoms. The summed E-state index contributed by atoms with van der Waals surface area (Å²) < 4.78 is 31.2. The first-order valence-corrected chi connectivity index (χ1v) is 16.4. The van der Waals surface area contributed by atoms with Crippen LogP contribution in [0.1, 0.15) is 97.0 Å². The average molecular weight is 609 g/mol. The van der Waals surface area contributed by atoms with Gasteiger partial charge in [-0.3, -0.25) is 0 Å². The molecule has 8 nitrogen and oxygen atoms in total. The van der Waals surface area contributed by atoms with Crippen LogP contribution in [0, 0.1) is 11.7 Å². The van der Waals surface area contributed by atoms with Gasteiger partial charge in [-0.05, 0) is 38.2 Å². The van der Waals surface area contributed by atoms with E-state index in [1.807, 2.05) is 36.7 Å². The number of hydrogen-bond acceptors (Lipinski definition) is 7. The van der Waals surface area contributed by atoms with Gasteiger partial charge in [-0.2, -0.15) is 5.10 Å². The molecule has 0 aliphatic carbocycles. The topological polar surface area (TPSA) is 78.2 Å². The summed E-state index contributed by atoms with van der Waals surface area (Å²) in [6.07, 6.45) is 8.23. The summed E-state index contributed by atoms with van der Waals surface area (Å²) in [5.41, 5.74) is 1.73. The number of rotatable bonds is 9. The highest BCUT2D eigenvalue weighted by atomic mass is 35.5. The maximum absolute atomic E-state index is 16.8. The minimum Gasteiger partial charge on any atom is -0.477 e. The second kappa shape index (κ2) is 12.9. The third-order valence-electron chi connectivity index (χ3n) is 8.58. The lowest BCUT2D eigenvalue weighted by molar-refractivity contribution is -0.0366. The van der Waals surface area contributed by atoms with Crippen molar-refractivity contribution in [2.24, 2.45) is 5.92 Å². The molecule has 0 radical (unpaired) electrons. The summed E-state index contributed by atoms with van der Waals surface area (Å²) in [6.45, 7) is 11.3. The lowest BCUT2D eigenvalue weighted by Crippen LogP contribution is -2.35. The molecule has 0 spiro atoms. The Labute approximate surface area is 257 Å². The first-order chi connectivity index (χ1) is 20.9. The molecule has 3 aromatic heterocycles. The van der Waals surface area contributed by atoms with E-state index in [4.69, 9.17) is 36.0 Å². The van der Waals surface area contributed by atoms with E-state index in [0.29, 0.717) is 58.1 Å². The molecule has 4 aromatic rings. The molecule has 6 rings (SSSR count). The second-order valence-corrected chi connectivity index (χ2v) is 12.6. The molecule has 2 aliphatic rings. The number of ether oxygens (including phenoxy) is 2. The van der Waals surface area contributed by atoms with Crippen LogP contribution in [-0.4, -0.2) is 51.0 Å². The molecule has 0 N–H and O–H groups in total. The molecule has 1 fully saturated rings. The van der Waals surface area contributed by atoms with Gasteiger partial charge in [-0.25, -0.2) is 24.0 Å². The largest absolute Gasteiger partial charge is 0.477 e. The van der Waals surface area contributed by atoms with Crippen LogP contribution in [-0.2, 0) is 4.74 Å². The highest BCUT2D eigenvalue weighted by molar-refractivity contribution is 6.35. The normalized spacial score (nSPS) is 19.2. The van der Waals surface area contributed by atoms with Crippen LogP contribution in [0.25, 0.3) is 33.1 Å². The number of hydrogen-bond donors (Lipinski definition) is 0. The molecule has 2 atom stereocenters. The molecule has 0 amide bonds. The average Bonchev–Trinajstić information content (AvgIpc) is 3.36. The second-order valence-electron chi connectivity index (χ2n) is 12.2. The Morgan fingerprint density at radius 1 is 1.07 bits per heavy atom. The molecule has 10 heteroatoms. The van der Waals surface area contributed by atoms with Crippen LogP contribution in [0.2, 0.25) is 5.15 Å². The van der Waals surface area contributed by atoms with E-state index in [1.165, 1.54) is 12.8 Å². The van der Waals surface area contributed by atoms with Crippen molar-refractivity contribution in [3.05, 3.63) is 35.0 Å². The minimum atomic E-state index is -0.505. The van der Waals surface area contributed by atoms with Gasteiger partial charge in [0.15, 0.2) is 17.2 Å². The highest BCUT2D eigenvalue weighted by Gasteiger charge is 2.31. The Morgan fingerprint density at radius 3 is 2.67 bits per heavy atom. The van der Waals surface area contributed by atoms with Crippen molar-refractivity contribution >= 4 is 39.2 Å². The zero-order valence-corrected chi connectivity index (χ0v) is 26.5. The van der Waals surface area contributed by atoms with E-state index in [9.17, 15) is 0 Å². The smallest absolute Gasteiger partial charge is 0.227 e. The van der Waals surface area contributed by atoms with Crippen LogP contribution < -0.4 is 9.64 Å². The lowest BCUT2D eigenvalue weighted by Gasteiger charge is -2.32. The summed E-state index contributed by atoms with van der Waals surface area (Å²) in [7, 11) is 0. The molecule has 1 saturated heterocycles. The van der Waals surface area contributed by atoms with Crippen LogP contribution >= 0.6 is 11.6 Å². The summed E-state index contributed by atoms with van der Waals surface area (Å²) in [4.78, 5) is 17.0. The fraction of sp³-hybridized carbons (Fsp3) is 0.576. The van der Waals surface area contributed by atoms with E-state index in [2.05, 4.69) is 23.8 Å². The van der Waals surface area contributed by atoms with Gasteiger partial charge in [0, 0.05) is 42.5 Å². The SMILES string of the molecule is CCCCCC1COc2nc(-c3cccc4c3c(Cl)nn4C3CCCCO3)c(F)c3nc(C(C)C)nc(c23)N(CCC)C1. The van der Waals surface area contributed by atoms with Gasteiger partial charge in [0.25, 0.3) is 0 Å². The quantitative estimate of drug-likeness (QED) is 0.176. The molecule has 2 unspecified atom stereocenters. The van der Waals surface area contributed by atoms with E-state index in [1.54, 1.807) is 0 Å². The van der Waals surface area contributed by atoms with Crippen molar-refractivity contribution in [3.63, 3.8) is 0 Å². The van der Waals surface area contributed by atoms with Crippen LogP contribution in [0.4, 0.5) is 10.2 Å². The Kier molecular flexibility index (Phi) is 9.00.